The molecule has 0 spiro atoms. The number of hydrogen-bond donors (Lipinski definition) is 0. The first-order valence-corrected chi connectivity index (χ1v) is 9.37. The summed E-state index contributed by atoms with van der Waals surface area (Å²) in [5.41, 5.74) is 1.14. The van der Waals surface area contributed by atoms with Crippen molar-refractivity contribution in [3.63, 3.8) is 0 Å². The van der Waals surface area contributed by atoms with Gasteiger partial charge in [0.2, 0.25) is 0 Å². The highest BCUT2D eigenvalue weighted by Crippen LogP contribution is 2.35. The van der Waals surface area contributed by atoms with Crippen molar-refractivity contribution in [3.8, 4) is 0 Å². The van der Waals surface area contributed by atoms with E-state index < -0.39 is 0 Å². The maximum absolute atomic E-state index is 13.2. The van der Waals surface area contributed by atoms with E-state index in [4.69, 9.17) is 0 Å². The Kier molecular flexibility index (Phi) is 4.52. The summed E-state index contributed by atoms with van der Waals surface area (Å²) in [4.78, 5) is 27.9. The lowest BCUT2D eigenvalue weighted by molar-refractivity contribution is 0.0721. The topological polar surface area (TPSA) is 55.2 Å². The molecule has 27 heavy (non-hydrogen) atoms. The van der Waals surface area contributed by atoms with Crippen molar-refractivity contribution >= 4 is 16.7 Å². The van der Waals surface area contributed by atoms with Crippen molar-refractivity contribution in [1.82, 2.24) is 14.7 Å². The lowest BCUT2D eigenvalue weighted by atomic mass is 10.1. The molecule has 1 aromatic heterocycles. The minimum atomic E-state index is -0.177. The number of carbonyl (C=O) groups excluding carboxylic acids is 1. The molecule has 1 saturated carbocycles. The summed E-state index contributed by atoms with van der Waals surface area (Å²) in [6.45, 7) is 2.42. The fourth-order valence-corrected chi connectivity index (χ4v) is 3.50. The van der Waals surface area contributed by atoms with Gasteiger partial charge in [-0.1, -0.05) is 48.5 Å². The van der Waals surface area contributed by atoms with E-state index in [1.54, 1.807) is 17.0 Å². The van der Waals surface area contributed by atoms with E-state index >= 15 is 0 Å². The van der Waals surface area contributed by atoms with Gasteiger partial charge in [0.15, 0.2) is 5.69 Å². The molecule has 4 rings (SSSR count). The van der Waals surface area contributed by atoms with Crippen LogP contribution in [0.25, 0.3) is 10.8 Å². The molecule has 138 valence electrons. The molecule has 5 nitrogen and oxygen atoms in total. The van der Waals surface area contributed by atoms with Crippen molar-refractivity contribution in [2.45, 2.75) is 32.4 Å². The first-order chi connectivity index (χ1) is 13.1. The summed E-state index contributed by atoms with van der Waals surface area (Å²) < 4.78 is 1.40. The predicted octanol–water partition coefficient (Wildman–Crippen LogP) is 3.32. The zero-order valence-corrected chi connectivity index (χ0v) is 15.6. The van der Waals surface area contributed by atoms with Crippen LogP contribution in [-0.4, -0.2) is 33.7 Å². The average Bonchev–Trinajstić information content (AvgIpc) is 3.54. The lowest BCUT2D eigenvalue weighted by Crippen LogP contribution is -2.38. The Hall–Kier alpha value is -2.95. The summed E-state index contributed by atoms with van der Waals surface area (Å²) in [5, 5.41) is 5.64. The quantitative estimate of drug-likeness (QED) is 0.700. The monoisotopic (exact) mass is 361 g/mol. The molecule has 2 aromatic carbocycles. The highest BCUT2D eigenvalue weighted by molar-refractivity contribution is 6.04. The van der Waals surface area contributed by atoms with Gasteiger partial charge < -0.3 is 4.90 Å². The van der Waals surface area contributed by atoms with E-state index in [1.807, 2.05) is 49.5 Å². The molecule has 1 aliphatic carbocycles. The molecule has 1 amide bonds. The van der Waals surface area contributed by atoms with Crippen LogP contribution in [-0.2, 0) is 6.54 Å². The Bertz CT molecular complexity index is 1040. The number of fused-ring (bicyclic) bond motifs is 1. The number of rotatable bonds is 5. The van der Waals surface area contributed by atoms with Crippen molar-refractivity contribution in [1.29, 1.82) is 0 Å². The maximum atomic E-state index is 13.2. The Labute approximate surface area is 158 Å². The zero-order chi connectivity index (χ0) is 19.0. The molecular formula is C22H23N3O2. The van der Waals surface area contributed by atoms with Crippen LogP contribution in [0.3, 0.4) is 0 Å². The van der Waals surface area contributed by atoms with E-state index in [0.29, 0.717) is 28.9 Å². The van der Waals surface area contributed by atoms with E-state index in [0.717, 1.165) is 5.56 Å². The van der Waals surface area contributed by atoms with Gasteiger partial charge in [-0.2, -0.15) is 5.10 Å². The second kappa shape index (κ2) is 6.99. The van der Waals surface area contributed by atoms with Gasteiger partial charge in [0.25, 0.3) is 11.5 Å². The van der Waals surface area contributed by atoms with Crippen molar-refractivity contribution in [3.05, 3.63) is 76.2 Å². The molecule has 3 aromatic rings. The van der Waals surface area contributed by atoms with Gasteiger partial charge >= 0.3 is 0 Å². The van der Waals surface area contributed by atoms with E-state index in [-0.39, 0.29) is 17.5 Å². The number of amides is 1. The minimum Gasteiger partial charge on any atom is -0.337 e. The Morgan fingerprint density at radius 2 is 1.74 bits per heavy atom. The molecule has 5 heteroatoms. The van der Waals surface area contributed by atoms with Gasteiger partial charge in [-0.25, -0.2) is 4.68 Å². The van der Waals surface area contributed by atoms with Crippen LogP contribution in [0.2, 0.25) is 0 Å². The second-order valence-electron chi connectivity index (χ2n) is 7.34. The average molecular weight is 361 g/mol. The van der Waals surface area contributed by atoms with Crippen LogP contribution < -0.4 is 5.56 Å². The van der Waals surface area contributed by atoms with Crippen LogP contribution in [0.4, 0.5) is 0 Å². The number of hydrogen-bond acceptors (Lipinski definition) is 3. The summed E-state index contributed by atoms with van der Waals surface area (Å²) in [5.74, 6) is 0.438. The van der Waals surface area contributed by atoms with Gasteiger partial charge in [-0.05, 0) is 37.3 Å². The molecule has 1 atom stereocenters. The van der Waals surface area contributed by atoms with Crippen molar-refractivity contribution in [2.75, 3.05) is 7.05 Å². The van der Waals surface area contributed by atoms with Gasteiger partial charge in [0.1, 0.15) is 0 Å². The molecule has 1 aliphatic rings. The Morgan fingerprint density at radius 1 is 1.11 bits per heavy atom. The van der Waals surface area contributed by atoms with E-state index in [1.165, 1.54) is 17.5 Å². The summed E-state index contributed by atoms with van der Waals surface area (Å²) in [7, 11) is 1.83. The molecule has 0 N–H and O–H groups in total. The highest BCUT2D eigenvalue weighted by Gasteiger charge is 2.33. The van der Waals surface area contributed by atoms with Gasteiger partial charge in [0, 0.05) is 18.5 Å². The first-order valence-electron chi connectivity index (χ1n) is 9.37. The fourth-order valence-electron chi connectivity index (χ4n) is 3.50. The predicted molar refractivity (Wildman–Crippen MR) is 106 cm³/mol. The minimum absolute atomic E-state index is 0.132. The van der Waals surface area contributed by atoms with Crippen molar-refractivity contribution < 1.29 is 4.79 Å². The molecule has 1 heterocycles. The normalized spacial score (nSPS) is 14.9. The second-order valence-corrected chi connectivity index (χ2v) is 7.34. The van der Waals surface area contributed by atoms with Crippen LogP contribution >= 0.6 is 0 Å². The fraction of sp³-hybridized carbons (Fsp3) is 0.318. The Balaban J connectivity index is 1.80. The molecule has 0 radical (unpaired) electrons. The van der Waals surface area contributed by atoms with Gasteiger partial charge in [0.05, 0.1) is 11.9 Å². The maximum Gasteiger partial charge on any atom is 0.274 e. The van der Waals surface area contributed by atoms with Crippen LogP contribution in [0.15, 0.2) is 59.4 Å². The largest absolute Gasteiger partial charge is 0.337 e. The number of carbonyl (C=O) groups is 1. The van der Waals surface area contributed by atoms with Gasteiger partial charge in [-0.3, -0.25) is 9.59 Å². The lowest BCUT2D eigenvalue weighted by Gasteiger charge is -2.25. The standard InChI is InChI=1S/C22H23N3O2/c1-15(17-12-13-17)24(2)22(27)20-18-10-6-7-11-19(18)21(26)25(23-20)14-16-8-4-3-5-9-16/h3-11,15,17H,12-14H2,1-2H3. The summed E-state index contributed by atoms with van der Waals surface area (Å²) >= 11 is 0. The van der Waals surface area contributed by atoms with Gasteiger partial charge in [-0.15, -0.1) is 0 Å². The third-order valence-corrected chi connectivity index (χ3v) is 5.48. The molecule has 1 unspecified atom stereocenters. The SMILES string of the molecule is CC(C1CC1)N(C)C(=O)c1nn(Cc2ccccc2)c(=O)c2ccccc12. The number of benzene rings is 2. The van der Waals surface area contributed by atoms with Crippen LogP contribution in [0.5, 0.6) is 0 Å². The third-order valence-electron chi connectivity index (χ3n) is 5.48. The van der Waals surface area contributed by atoms with E-state index in [9.17, 15) is 9.59 Å². The zero-order valence-electron chi connectivity index (χ0n) is 15.6. The van der Waals surface area contributed by atoms with Crippen molar-refractivity contribution in [2.24, 2.45) is 5.92 Å². The molecule has 0 aliphatic heterocycles. The number of aromatic nitrogens is 2. The molecular weight excluding hydrogens is 338 g/mol. The van der Waals surface area contributed by atoms with Crippen LogP contribution in [0, 0.1) is 5.92 Å². The number of nitrogens with zero attached hydrogens (tertiary/aromatic N) is 3. The third kappa shape index (κ3) is 3.37. The Morgan fingerprint density at radius 3 is 2.41 bits per heavy atom. The molecule has 1 fully saturated rings. The summed E-state index contributed by atoms with van der Waals surface area (Å²) in [6, 6.07) is 17.1. The first kappa shape index (κ1) is 17.5. The highest BCUT2D eigenvalue weighted by atomic mass is 16.2. The summed E-state index contributed by atoms with van der Waals surface area (Å²) in [6.07, 6.45) is 2.33. The smallest absolute Gasteiger partial charge is 0.274 e. The van der Waals surface area contributed by atoms with E-state index in [2.05, 4.69) is 12.0 Å². The van der Waals surface area contributed by atoms with Crippen LogP contribution in [0.1, 0.15) is 35.8 Å². The molecule has 0 bridgehead atoms. The molecule has 0 saturated heterocycles.